The molecule has 1 heterocycles. The van der Waals surface area contributed by atoms with E-state index >= 15 is 0 Å². The normalized spacial score (nSPS) is 12.8. The van der Waals surface area contributed by atoms with E-state index in [1.165, 1.54) is 0 Å². The second-order valence-electron chi connectivity index (χ2n) is 7.66. The van der Waals surface area contributed by atoms with E-state index in [0.717, 1.165) is 35.3 Å². The number of rotatable bonds is 6. The number of anilines is 3. The number of carbonyl (C=O) groups is 2. The van der Waals surface area contributed by atoms with Gasteiger partial charge in [-0.2, -0.15) is 0 Å². The van der Waals surface area contributed by atoms with Crippen LogP contribution >= 0.6 is 0 Å². The van der Waals surface area contributed by atoms with Crippen molar-refractivity contribution in [3.63, 3.8) is 0 Å². The van der Waals surface area contributed by atoms with Crippen molar-refractivity contribution in [3.8, 4) is 0 Å². The average Bonchev–Trinajstić information content (AvgIpc) is 2.89. The molecular weight excluding hydrogens is 378 g/mol. The lowest BCUT2D eigenvalue weighted by molar-refractivity contribution is -0.123. The van der Waals surface area contributed by atoms with Gasteiger partial charge in [0, 0.05) is 18.8 Å². The maximum absolute atomic E-state index is 13.2. The summed E-state index contributed by atoms with van der Waals surface area (Å²) in [6, 6.07) is 13.6. The summed E-state index contributed by atoms with van der Waals surface area (Å²) in [4.78, 5) is 29.2. The number of nitrogens with one attached hydrogen (secondary N) is 1. The lowest BCUT2D eigenvalue weighted by Gasteiger charge is -2.26. The lowest BCUT2D eigenvalue weighted by atomic mass is 10.0. The number of carbonyl (C=O) groups excluding carboxylic acids is 2. The van der Waals surface area contributed by atoms with Crippen molar-refractivity contribution >= 4 is 29.0 Å². The molecule has 0 atom stereocenters. The van der Waals surface area contributed by atoms with Crippen LogP contribution in [0.5, 0.6) is 0 Å². The Bertz CT molecular complexity index is 906. The van der Waals surface area contributed by atoms with Crippen molar-refractivity contribution in [2.24, 2.45) is 0 Å². The topological polar surface area (TPSA) is 61.9 Å². The van der Waals surface area contributed by atoms with E-state index in [-0.39, 0.29) is 24.6 Å². The van der Waals surface area contributed by atoms with Crippen LogP contribution in [-0.2, 0) is 22.4 Å². The highest BCUT2D eigenvalue weighted by Gasteiger charge is 2.26. The minimum absolute atomic E-state index is 0.00146. The minimum Gasteiger partial charge on any atom is -0.369 e. The van der Waals surface area contributed by atoms with Crippen LogP contribution in [0.15, 0.2) is 42.5 Å². The summed E-state index contributed by atoms with van der Waals surface area (Å²) in [6.45, 7) is 9.01. The van der Waals surface area contributed by atoms with Gasteiger partial charge in [-0.1, -0.05) is 24.3 Å². The van der Waals surface area contributed by atoms with Crippen molar-refractivity contribution in [2.75, 3.05) is 29.9 Å². The van der Waals surface area contributed by atoms with Crippen molar-refractivity contribution in [1.82, 2.24) is 4.90 Å². The number of benzene rings is 2. The SMILES string of the molecule is CCN(CC)C(=O)Nc1ccc2c(c1)N(C(=O)COC(C)C)c1ccccc1CC2. The third-order valence-electron chi connectivity index (χ3n) is 5.31. The Morgan fingerprint density at radius 3 is 2.37 bits per heavy atom. The van der Waals surface area contributed by atoms with E-state index in [1.54, 1.807) is 9.80 Å². The van der Waals surface area contributed by atoms with Gasteiger partial charge in [0.1, 0.15) is 6.61 Å². The molecule has 3 amide bonds. The summed E-state index contributed by atoms with van der Waals surface area (Å²) in [5.74, 6) is -0.119. The van der Waals surface area contributed by atoms with Crippen molar-refractivity contribution in [3.05, 3.63) is 53.6 Å². The summed E-state index contributed by atoms with van der Waals surface area (Å²) >= 11 is 0. The third kappa shape index (κ3) is 4.82. The molecule has 0 saturated carbocycles. The first-order chi connectivity index (χ1) is 14.4. The second-order valence-corrected chi connectivity index (χ2v) is 7.66. The molecule has 1 aliphatic heterocycles. The Morgan fingerprint density at radius 2 is 1.70 bits per heavy atom. The van der Waals surface area contributed by atoms with Crippen LogP contribution in [-0.4, -0.2) is 42.6 Å². The lowest BCUT2D eigenvalue weighted by Crippen LogP contribution is -2.34. The molecule has 0 unspecified atom stereocenters. The molecule has 2 aromatic carbocycles. The number of aryl methyl sites for hydroxylation is 2. The van der Waals surface area contributed by atoms with Crippen molar-refractivity contribution in [2.45, 2.75) is 46.6 Å². The summed E-state index contributed by atoms with van der Waals surface area (Å²) in [6.07, 6.45) is 1.64. The molecular formula is C24H31N3O3. The number of hydrogen-bond donors (Lipinski definition) is 1. The first-order valence-corrected chi connectivity index (χ1v) is 10.7. The van der Waals surface area contributed by atoms with Crippen LogP contribution in [0.4, 0.5) is 21.9 Å². The zero-order valence-electron chi connectivity index (χ0n) is 18.3. The molecule has 0 fully saturated rings. The number of fused-ring (bicyclic) bond motifs is 2. The summed E-state index contributed by atoms with van der Waals surface area (Å²) in [7, 11) is 0. The molecule has 1 N–H and O–H groups in total. The largest absolute Gasteiger partial charge is 0.369 e. The van der Waals surface area contributed by atoms with E-state index in [0.29, 0.717) is 18.8 Å². The second kappa shape index (κ2) is 9.76. The van der Waals surface area contributed by atoms with Crippen molar-refractivity contribution in [1.29, 1.82) is 0 Å². The fourth-order valence-corrected chi connectivity index (χ4v) is 3.69. The number of nitrogens with zero attached hydrogens (tertiary/aromatic N) is 2. The summed E-state index contributed by atoms with van der Waals surface area (Å²) in [5, 5.41) is 2.97. The van der Waals surface area contributed by atoms with Gasteiger partial charge in [0.05, 0.1) is 17.5 Å². The van der Waals surface area contributed by atoms with Gasteiger partial charge in [0.2, 0.25) is 0 Å². The monoisotopic (exact) mass is 409 g/mol. The maximum Gasteiger partial charge on any atom is 0.321 e. The molecule has 160 valence electrons. The molecule has 0 saturated heterocycles. The molecule has 3 rings (SSSR count). The molecule has 1 aliphatic rings. The molecule has 6 heteroatoms. The Kier molecular flexibility index (Phi) is 7.11. The molecule has 0 spiro atoms. The molecule has 0 bridgehead atoms. The number of para-hydroxylation sites is 1. The Hall–Kier alpha value is -2.86. The average molecular weight is 410 g/mol. The van der Waals surface area contributed by atoms with Gasteiger partial charge < -0.3 is 15.0 Å². The number of amides is 3. The Morgan fingerprint density at radius 1 is 1.03 bits per heavy atom. The zero-order chi connectivity index (χ0) is 21.7. The number of ether oxygens (including phenoxy) is 1. The van der Waals surface area contributed by atoms with Crippen LogP contribution in [0.25, 0.3) is 0 Å². The molecule has 0 aromatic heterocycles. The van der Waals surface area contributed by atoms with Crippen LogP contribution in [0.2, 0.25) is 0 Å². The van der Waals surface area contributed by atoms with E-state index in [9.17, 15) is 9.59 Å². The summed E-state index contributed by atoms with van der Waals surface area (Å²) < 4.78 is 5.62. The van der Waals surface area contributed by atoms with Gasteiger partial charge in [-0.15, -0.1) is 0 Å². The van der Waals surface area contributed by atoms with Gasteiger partial charge in [0.25, 0.3) is 5.91 Å². The molecule has 0 aliphatic carbocycles. The molecule has 0 radical (unpaired) electrons. The number of hydrogen-bond acceptors (Lipinski definition) is 3. The van der Waals surface area contributed by atoms with Gasteiger partial charge >= 0.3 is 6.03 Å². The highest BCUT2D eigenvalue weighted by molar-refractivity contribution is 6.04. The van der Waals surface area contributed by atoms with E-state index in [2.05, 4.69) is 11.4 Å². The Labute approximate surface area is 178 Å². The minimum atomic E-state index is -0.144. The summed E-state index contributed by atoms with van der Waals surface area (Å²) in [5.41, 5.74) is 4.55. The molecule has 6 nitrogen and oxygen atoms in total. The highest BCUT2D eigenvalue weighted by Crippen LogP contribution is 2.37. The first-order valence-electron chi connectivity index (χ1n) is 10.7. The smallest absolute Gasteiger partial charge is 0.321 e. The zero-order valence-corrected chi connectivity index (χ0v) is 18.3. The van der Waals surface area contributed by atoms with Crippen LogP contribution < -0.4 is 10.2 Å². The van der Waals surface area contributed by atoms with Crippen LogP contribution in [0, 0.1) is 0 Å². The Balaban J connectivity index is 1.99. The van der Waals surface area contributed by atoms with Gasteiger partial charge in [-0.05, 0) is 69.9 Å². The third-order valence-corrected chi connectivity index (χ3v) is 5.31. The van der Waals surface area contributed by atoms with E-state index in [4.69, 9.17) is 4.74 Å². The van der Waals surface area contributed by atoms with Crippen LogP contribution in [0.3, 0.4) is 0 Å². The maximum atomic E-state index is 13.2. The van der Waals surface area contributed by atoms with Crippen LogP contribution in [0.1, 0.15) is 38.8 Å². The van der Waals surface area contributed by atoms with E-state index < -0.39 is 0 Å². The molecule has 30 heavy (non-hydrogen) atoms. The fourth-order valence-electron chi connectivity index (χ4n) is 3.69. The van der Waals surface area contributed by atoms with Crippen molar-refractivity contribution < 1.29 is 14.3 Å². The quantitative estimate of drug-likeness (QED) is 0.749. The van der Waals surface area contributed by atoms with E-state index in [1.807, 2.05) is 64.1 Å². The van der Waals surface area contributed by atoms with Gasteiger partial charge in [-0.3, -0.25) is 9.69 Å². The first kappa shape index (κ1) is 21.8. The standard InChI is InChI=1S/C24H31N3O3/c1-5-26(6-2)24(29)25-20-14-13-19-12-11-18-9-7-8-10-21(18)27(22(19)15-20)23(28)16-30-17(3)4/h7-10,13-15,17H,5-6,11-12,16H2,1-4H3,(H,25,29). The van der Waals surface area contributed by atoms with Gasteiger partial charge in [-0.25, -0.2) is 4.79 Å². The predicted octanol–water partition coefficient (Wildman–Crippen LogP) is 4.75. The van der Waals surface area contributed by atoms with Gasteiger partial charge in [0.15, 0.2) is 0 Å². The predicted molar refractivity (Wildman–Crippen MR) is 120 cm³/mol. The highest BCUT2D eigenvalue weighted by atomic mass is 16.5. The number of urea groups is 1. The molecule has 2 aromatic rings. The fraction of sp³-hybridized carbons (Fsp3) is 0.417.